The first-order chi connectivity index (χ1) is 11.9. The highest BCUT2D eigenvalue weighted by atomic mass is 32.2. The van der Waals surface area contributed by atoms with Gasteiger partial charge in [0.15, 0.2) is 0 Å². The lowest BCUT2D eigenvalue weighted by molar-refractivity contribution is -0.119. The number of amides is 4. The number of nitrogens with one attached hydrogen (secondary N) is 2. The number of nitrogens with zero attached hydrogens (tertiary/aromatic N) is 1. The van der Waals surface area contributed by atoms with Crippen LogP contribution in [0.1, 0.15) is 16.1 Å². The van der Waals surface area contributed by atoms with Crippen molar-refractivity contribution in [1.29, 1.82) is 0 Å². The number of carbonyl (C=O) groups excluding carboxylic acids is 3. The summed E-state index contributed by atoms with van der Waals surface area (Å²) in [5.41, 5.74) is -0.00225. The van der Waals surface area contributed by atoms with Crippen LogP contribution in [-0.2, 0) is 21.4 Å². The highest BCUT2D eigenvalue weighted by Crippen LogP contribution is 2.29. The molecule has 0 bridgehead atoms. The molecular formula is C15H13N3O6S. The van der Waals surface area contributed by atoms with Gasteiger partial charge in [0.25, 0.3) is 15.9 Å². The number of imide groups is 1. The van der Waals surface area contributed by atoms with Crippen LogP contribution in [0.3, 0.4) is 0 Å². The van der Waals surface area contributed by atoms with E-state index in [0.29, 0.717) is 10.1 Å². The highest BCUT2D eigenvalue weighted by Gasteiger charge is 2.41. The fourth-order valence-electron chi connectivity index (χ4n) is 2.31. The first kappa shape index (κ1) is 16.7. The minimum Gasteiger partial charge on any atom is -0.467 e. The second-order valence-electron chi connectivity index (χ2n) is 5.12. The zero-order valence-electron chi connectivity index (χ0n) is 12.8. The Labute approximate surface area is 142 Å². The van der Waals surface area contributed by atoms with Crippen molar-refractivity contribution in [1.82, 2.24) is 14.9 Å². The Morgan fingerprint density at radius 1 is 1.12 bits per heavy atom. The van der Waals surface area contributed by atoms with Gasteiger partial charge in [0.05, 0.1) is 18.4 Å². The van der Waals surface area contributed by atoms with Crippen LogP contribution in [0.2, 0.25) is 0 Å². The second kappa shape index (κ2) is 6.40. The number of rotatable bonds is 4. The maximum atomic E-state index is 12.3. The van der Waals surface area contributed by atoms with Crippen molar-refractivity contribution < 1.29 is 27.2 Å². The molecule has 1 aromatic heterocycles. The molecule has 0 fully saturated rings. The van der Waals surface area contributed by atoms with Crippen molar-refractivity contribution in [2.75, 3.05) is 6.54 Å². The summed E-state index contributed by atoms with van der Waals surface area (Å²) in [6.45, 7) is -0.734. The number of hydrogen-bond donors (Lipinski definition) is 2. The molecule has 4 amide bonds. The minimum absolute atomic E-state index is 0.00225. The van der Waals surface area contributed by atoms with Gasteiger partial charge >= 0.3 is 6.03 Å². The molecule has 25 heavy (non-hydrogen) atoms. The van der Waals surface area contributed by atoms with E-state index >= 15 is 0 Å². The van der Waals surface area contributed by atoms with E-state index in [9.17, 15) is 22.8 Å². The van der Waals surface area contributed by atoms with E-state index in [-0.39, 0.29) is 17.0 Å². The number of sulfonamides is 1. The summed E-state index contributed by atoms with van der Waals surface area (Å²) in [7, 11) is -4.10. The number of fused-ring (bicyclic) bond motifs is 1. The number of furan rings is 1. The quantitative estimate of drug-likeness (QED) is 0.812. The molecule has 2 aromatic rings. The molecule has 10 heteroatoms. The van der Waals surface area contributed by atoms with Crippen LogP contribution < -0.4 is 10.6 Å². The van der Waals surface area contributed by atoms with Crippen LogP contribution in [0.4, 0.5) is 4.79 Å². The third kappa shape index (κ3) is 3.24. The van der Waals surface area contributed by atoms with Crippen molar-refractivity contribution in [2.24, 2.45) is 0 Å². The fourth-order valence-corrected chi connectivity index (χ4v) is 3.83. The van der Waals surface area contributed by atoms with Crippen LogP contribution >= 0.6 is 0 Å². The Morgan fingerprint density at radius 2 is 1.88 bits per heavy atom. The largest absolute Gasteiger partial charge is 0.467 e. The average Bonchev–Trinajstić information content (AvgIpc) is 3.16. The third-order valence-electron chi connectivity index (χ3n) is 3.46. The molecule has 9 nitrogen and oxygen atoms in total. The van der Waals surface area contributed by atoms with Crippen molar-refractivity contribution in [3.8, 4) is 0 Å². The standard InChI is InChI=1S/C15H13N3O6S/c19-13(17-15(21)16-8-10-4-3-7-24-10)9-18-14(20)11-5-1-2-6-12(11)25(18,22)23/h1-7H,8-9H2,(H2,16,17,19,21). The van der Waals surface area contributed by atoms with Gasteiger partial charge in [0, 0.05) is 0 Å². The topological polar surface area (TPSA) is 126 Å². The highest BCUT2D eigenvalue weighted by molar-refractivity contribution is 7.90. The first-order valence-electron chi connectivity index (χ1n) is 7.16. The first-order valence-corrected chi connectivity index (χ1v) is 8.60. The van der Waals surface area contributed by atoms with Crippen LogP contribution in [0.15, 0.2) is 52.0 Å². The van der Waals surface area contributed by atoms with Crippen molar-refractivity contribution in [2.45, 2.75) is 11.4 Å². The fraction of sp³-hybridized carbons (Fsp3) is 0.133. The molecule has 2 heterocycles. The summed E-state index contributed by atoms with van der Waals surface area (Å²) in [5, 5.41) is 4.34. The molecule has 1 aliphatic rings. The minimum atomic E-state index is -4.10. The van der Waals surface area contributed by atoms with Gasteiger partial charge in [0.1, 0.15) is 17.2 Å². The molecule has 3 rings (SSSR count). The van der Waals surface area contributed by atoms with Gasteiger partial charge < -0.3 is 9.73 Å². The molecule has 0 saturated heterocycles. The molecule has 0 saturated carbocycles. The zero-order valence-corrected chi connectivity index (χ0v) is 13.6. The van der Waals surface area contributed by atoms with Crippen LogP contribution in [0.25, 0.3) is 0 Å². The number of urea groups is 1. The molecule has 1 aliphatic heterocycles. The van der Waals surface area contributed by atoms with E-state index in [0.717, 1.165) is 0 Å². The zero-order chi connectivity index (χ0) is 18.0. The molecule has 130 valence electrons. The Hall–Kier alpha value is -3.14. The third-order valence-corrected chi connectivity index (χ3v) is 5.24. The molecule has 2 N–H and O–H groups in total. The molecule has 0 aliphatic carbocycles. The van der Waals surface area contributed by atoms with Crippen LogP contribution in [0.5, 0.6) is 0 Å². The van der Waals surface area contributed by atoms with Crippen LogP contribution in [0, 0.1) is 0 Å². The Kier molecular flexibility index (Phi) is 4.28. The van der Waals surface area contributed by atoms with Gasteiger partial charge in [-0.05, 0) is 24.3 Å². The summed E-state index contributed by atoms with van der Waals surface area (Å²) in [4.78, 5) is 35.6. The molecule has 0 spiro atoms. The van der Waals surface area contributed by atoms with Gasteiger partial charge in [-0.3, -0.25) is 14.9 Å². The van der Waals surface area contributed by atoms with E-state index in [4.69, 9.17) is 4.42 Å². The maximum Gasteiger partial charge on any atom is 0.321 e. The molecule has 0 atom stereocenters. The second-order valence-corrected chi connectivity index (χ2v) is 6.95. The Morgan fingerprint density at radius 3 is 2.56 bits per heavy atom. The van der Waals surface area contributed by atoms with Crippen molar-refractivity contribution in [3.63, 3.8) is 0 Å². The normalized spacial score (nSPS) is 14.9. The van der Waals surface area contributed by atoms with Gasteiger partial charge in [-0.2, -0.15) is 0 Å². The molecule has 0 unspecified atom stereocenters. The lowest BCUT2D eigenvalue weighted by atomic mass is 10.2. The monoisotopic (exact) mass is 363 g/mol. The lowest BCUT2D eigenvalue weighted by Gasteiger charge is -2.14. The van der Waals surface area contributed by atoms with E-state index in [1.54, 1.807) is 12.1 Å². The van der Waals surface area contributed by atoms with E-state index in [1.807, 2.05) is 5.32 Å². The van der Waals surface area contributed by atoms with Gasteiger partial charge in [-0.25, -0.2) is 17.5 Å². The SMILES string of the molecule is O=C(CN1C(=O)c2ccccc2S1(=O)=O)NC(=O)NCc1ccco1. The number of benzene rings is 1. The Bertz CT molecular complexity index is 936. The number of hydrogen-bond acceptors (Lipinski definition) is 6. The van der Waals surface area contributed by atoms with E-state index in [2.05, 4.69) is 5.32 Å². The van der Waals surface area contributed by atoms with E-state index in [1.165, 1.54) is 30.5 Å². The number of carbonyl (C=O) groups is 3. The lowest BCUT2D eigenvalue weighted by Crippen LogP contribution is -2.45. The Balaban J connectivity index is 1.62. The van der Waals surface area contributed by atoms with Gasteiger partial charge in [0.2, 0.25) is 5.91 Å². The molecule has 0 radical (unpaired) electrons. The van der Waals surface area contributed by atoms with Crippen LogP contribution in [-0.4, -0.2) is 37.1 Å². The van der Waals surface area contributed by atoms with Crippen molar-refractivity contribution in [3.05, 3.63) is 54.0 Å². The summed E-state index contributed by atoms with van der Waals surface area (Å²) in [6.07, 6.45) is 1.43. The molecule has 1 aromatic carbocycles. The predicted molar refractivity (Wildman–Crippen MR) is 83.8 cm³/mol. The maximum absolute atomic E-state index is 12.3. The van der Waals surface area contributed by atoms with Crippen molar-refractivity contribution >= 4 is 27.9 Å². The summed E-state index contributed by atoms with van der Waals surface area (Å²) in [5.74, 6) is -1.25. The summed E-state index contributed by atoms with van der Waals surface area (Å²) in [6, 6.07) is 8.10. The molecular weight excluding hydrogens is 350 g/mol. The summed E-state index contributed by atoms with van der Waals surface area (Å²) >= 11 is 0. The summed E-state index contributed by atoms with van der Waals surface area (Å²) < 4.78 is 30.1. The smallest absolute Gasteiger partial charge is 0.321 e. The van der Waals surface area contributed by atoms with E-state index < -0.39 is 34.4 Å². The van der Waals surface area contributed by atoms with Gasteiger partial charge in [-0.15, -0.1) is 0 Å². The predicted octanol–water partition coefficient (Wildman–Crippen LogP) is 0.450. The van der Waals surface area contributed by atoms with Gasteiger partial charge in [-0.1, -0.05) is 12.1 Å². The average molecular weight is 363 g/mol.